The summed E-state index contributed by atoms with van der Waals surface area (Å²) in [6.45, 7) is 10.1. The fourth-order valence-corrected chi connectivity index (χ4v) is 2.03. The van der Waals surface area contributed by atoms with Gasteiger partial charge in [0, 0.05) is 17.8 Å². The average molecular weight is 233 g/mol. The first-order valence-electron chi connectivity index (χ1n) is 6.57. The normalized spacial score (nSPS) is 15.1. The SMILES string of the molecule is CC(C)C(C)(C)CNc1ncnc2c1CCC2. The molecule has 0 saturated carbocycles. The molecular weight excluding hydrogens is 210 g/mol. The maximum atomic E-state index is 4.39. The van der Waals surface area contributed by atoms with Crippen LogP contribution in [0.1, 0.15) is 45.4 Å². The molecule has 94 valence electrons. The summed E-state index contributed by atoms with van der Waals surface area (Å²) < 4.78 is 0. The van der Waals surface area contributed by atoms with E-state index < -0.39 is 0 Å². The average Bonchev–Trinajstić information content (AvgIpc) is 2.74. The van der Waals surface area contributed by atoms with Crippen molar-refractivity contribution >= 4 is 5.82 Å². The summed E-state index contributed by atoms with van der Waals surface area (Å²) in [4.78, 5) is 8.74. The molecule has 1 aromatic rings. The molecule has 0 atom stereocenters. The molecule has 1 aromatic heterocycles. The van der Waals surface area contributed by atoms with Crippen LogP contribution in [-0.2, 0) is 12.8 Å². The van der Waals surface area contributed by atoms with Gasteiger partial charge in [-0.3, -0.25) is 0 Å². The zero-order valence-corrected chi connectivity index (χ0v) is 11.4. The Bertz CT molecular complexity index is 396. The Morgan fingerprint density at radius 3 is 2.76 bits per heavy atom. The van der Waals surface area contributed by atoms with E-state index >= 15 is 0 Å². The summed E-state index contributed by atoms with van der Waals surface area (Å²) in [5.41, 5.74) is 2.87. The van der Waals surface area contributed by atoms with Gasteiger partial charge in [0.2, 0.25) is 0 Å². The van der Waals surface area contributed by atoms with E-state index in [1.807, 2.05) is 0 Å². The van der Waals surface area contributed by atoms with E-state index in [2.05, 4.69) is 43.0 Å². The third-order valence-corrected chi connectivity index (χ3v) is 4.15. The zero-order chi connectivity index (χ0) is 12.5. The first kappa shape index (κ1) is 12.3. The number of aromatic nitrogens is 2. The topological polar surface area (TPSA) is 37.8 Å². The minimum absolute atomic E-state index is 0.288. The lowest BCUT2D eigenvalue weighted by molar-refractivity contribution is 0.269. The van der Waals surface area contributed by atoms with E-state index in [0.29, 0.717) is 5.92 Å². The van der Waals surface area contributed by atoms with Gasteiger partial charge >= 0.3 is 0 Å². The molecule has 2 rings (SSSR count). The van der Waals surface area contributed by atoms with Crippen molar-refractivity contribution in [2.45, 2.75) is 47.0 Å². The molecule has 0 aliphatic heterocycles. The minimum Gasteiger partial charge on any atom is -0.369 e. The monoisotopic (exact) mass is 233 g/mol. The lowest BCUT2D eigenvalue weighted by atomic mass is 9.81. The van der Waals surface area contributed by atoms with Crippen LogP contribution < -0.4 is 5.32 Å². The van der Waals surface area contributed by atoms with Crippen LogP contribution in [0.15, 0.2) is 6.33 Å². The quantitative estimate of drug-likeness (QED) is 0.868. The third-order valence-electron chi connectivity index (χ3n) is 4.15. The van der Waals surface area contributed by atoms with Gasteiger partial charge < -0.3 is 5.32 Å². The number of nitrogens with one attached hydrogen (secondary N) is 1. The Hall–Kier alpha value is -1.12. The largest absolute Gasteiger partial charge is 0.369 e. The summed E-state index contributed by atoms with van der Waals surface area (Å²) in [5.74, 6) is 1.71. The minimum atomic E-state index is 0.288. The molecule has 3 heteroatoms. The van der Waals surface area contributed by atoms with Crippen LogP contribution >= 0.6 is 0 Å². The second kappa shape index (κ2) is 4.63. The molecular formula is C14H23N3. The van der Waals surface area contributed by atoms with E-state index in [-0.39, 0.29) is 5.41 Å². The second-order valence-corrected chi connectivity index (χ2v) is 6.00. The molecule has 1 aliphatic rings. The van der Waals surface area contributed by atoms with E-state index in [0.717, 1.165) is 25.2 Å². The number of aryl methyl sites for hydroxylation is 1. The van der Waals surface area contributed by atoms with Crippen LogP contribution in [0.4, 0.5) is 5.82 Å². The molecule has 1 aliphatic carbocycles. The number of fused-ring (bicyclic) bond motifs is 1. The smallest absolute Gasteiger partial charge is 0.132 e. The van der Waals surface area contributed by atoms with Gasteiger partial charge in [-0.1, -0.05) is 27.7 Å². The summed E-state index contributed by atoms with van der Waals surface area (Å²) in [6, 6.07) is 0. The maximum absolute atomic E-state index is 4.39. The van der Waals surface area contributed by atoms with Crippen molar-refractivity contribution in [1.29, 1.82) is 0 Å². The molecule has 17 heavy (non-hydrogen) atoms. The van der Waals surface area contributed by atoms with E-state index in [1.165, 1.54) is 17.7 Å². The van der Waals surface area contributed by atoms with Crippen LogP contribution in [0, 0.1) is 11.3 Å². The van der Waals surface area contributed by atoms with Gasteiger partial charge in [0.1, 0.15) is 12.1 Å². The fraction of sp³-hybridized carbons (Fsp3) is 0.714. The molecule has 1 heterocycles. The molecule has 0 saturated heterocycles. The first-order chi connectivity index (χ1) is 8.00. The highest BCUT2D eigenvalue weighted by atomic mass is 15.0. The summed E-state index contributed by atoms with van der Waals surface area (Å²) in [7, 11) is 0. The standard InChI is InChI=1S/C14H23N3/c1-10(2)14(3,4)8-15-13-11-6-5-7-12(11)16-9-17-13/h9-10H,5-8H2,1-4H3,(H,15,16,17). The Morgan fingerprint density at radius 2 is 2.06 bits per heavy atom. The fourth-order valence-electron chi connectivity index (χ4n) is 2.03. The number of nitrogens with zero attached hydrogens (tertiary/aromatic N) is 2. The van der Waals surface area contributed by atoms with Crippen molar-refractivity contribution in [2.24, 2.45) is 11.3 Å². The second-order valence-electron chi connectivity index (χ2n) is 6.00. The lowest BCUT2D eigenvalue weighted by Crippen LogP contribution is -2.29. The van der Waals surface area contributed by atoms with Crippen molar-refractivity contribution in [2.75, 3.05) is 11.9 Å². The molecule has 0 radical (unpaired) electrons. The highest BCUT2D eigenvalue weighted by molar-refractivity contribution is 5.48. The van der Waals surface area contributed by atoms with Gasteiger partial charge in [0.05, 0.1) is 0 Å². The summed E-state index contributed by atoms with van der Waals surface area (Å²) in [5, 5.41) is 3.52. The molecule has 1 N–H and O–H groups in total. The molecule has 0 fully saturated rings. The Kier molecular flexibility index (Phi) is 3.36. The van der Waals surface area contributed by atoms with Gasteiger partial charge in [-0.25, -0.2) is 9.97 Å². The van der Waals surface area contributed by atoms with Gasteiger partial charge in [-0.15, -0.1) is 0 Å². The van der Waals surface area contributed by atoms with Crippen molar-refractivity contribution in [1.82, 2.24) is 9.97 Å². The predicted octanol–water partition coefficient (Wildman–Crippen LogP) is 3.06. The number of anilines is 1. The molecule has 0 bridgehead atoms. The van der Waals surface area contributed by atoms with Crippen LogP contribution in [0.3, 0.4) is 0 Å². The van der Waals surface area contributed by atoms with Crippen molar-refractivity contribution < 1.29 is 0 Å². The maximum Gasteiger partial charge on any atom is 0.132 e. The first-order valence-corrected chi connectivity index (χ1v) is 6.57. The van der Waals surface area contributed by atoms with E-state index in [9.17, 15) is 0 Å². The highest BCUT2D eigenvalue weighted by Gasteiger charge is 2.23. The third kappa shape index (κ3) is 2.59. The van der Waals surface area contributed by atoms with Crippen molar-refractivity contribution in [3.63, 3.8) is 0 Å². The van der Waals surface area contributed by atoms with Gasteiger partial charge in [-0.2, -0.15) is 0 Å². The number of hydrogen-bond donors (Lipinski definition) is 1. The summed E-state index contributed by atoms with van der Waals surface area (Å²) >= 11 is 0. The van der Waals surface area contributed by atoms with Gasteiger partial charge in [0.15, 0.2) is 0 Å². The Balaban J connectivity index is 2.08. The lowest BCUT2D eigenvalue weighted by Gasteiger charge is -2.29. The Morgan fingerprint density at radius 1 is 1.29 bits per heavy atom. The summed E-state index contributed by atoms with van der Waals surface area (Å²) in [6.07, 6.45) is 5.14. The van der Waals surface area contributed by atoms with Gasteiger partial charge in [0.25, 0.3) is 0 Å². The molecule has 0 spiro atoms. The van der Waals surface area contributed by atoms with Gasteiger partial charge in [-0.05, 0) is 30.6 Å². The molecule has 0 unspecified atom stereocenters. The molecule has 0 aromatic carbocycles. The van der Waals surface area contributed by atoms with Crippen LogP contribution in [0.2, 0.25) is 0 Å². The van der Waals surface area contributed by atoms with E-state index in [4.69, 9.17) is 0 Å². The molecule has 0 amide bonds. The zero-order valence-electron chi connectivity index (χ0n) is 11.4. The number of hydrogen-bond acceptors (Lipinski definition) is 3. The molecule has 3 nitrogen and oxygen atoms in total. The Labute approximate surface area is 104 Å². The van der Waals surface area contributed by atoms with Crippen molar-refractivity contribution in [3.8, 4) is 0 Å². The number of rotatable bonds is 4. The van der Waals surface area contributed by atoms with Crippen LogP contribution in [0.5, 0.6) is 0 Å². The van der Waals surface area contributed by atoms with E-state index in [1.54, 1.807) is 6.33 Å². The van der Waals surface area contributed by atoms with Crippen LogP contribution in [-0.4, -0.2) is 16.5 Å². The van der Waals surface area contributed by atoms with Crippen LogP contribution in [0.25, 0.3) is 0 Å². The highest BCUT2D eigenvalue weighted by Crippen LogP contribution is 2.29. The van der Waals surface area contributed by atoms with Crippen molar-refractivity contribution in [3.05, 3.63) is 17.6 Å². The predicted molar refractivity (Wildman–Crippen MR) is 71.2 cm³/mol.